The van der Waals surface area contributed by atoms with Gasteiger partial charge in [-0.15, -0.1) is 0 Å². The standard InChI is InChI=1S/C26H34N4O4S/c1-25(2,3)22-16-23(30(28-22)17-18-11-9-8-10-12-18)27-24(31)19-13-14-20(34-7)21(15-19)35(32,33)29-26(4,5)6/h8-16,29H,17H2,1-7H3,(H,27,31). The lowest BCUT2D eigenvalue weighted by Crippen LogP contribution is -2.40. The Balaban J connectivity index is 1.97. The molecule has 0 spiro atoms. The van der Waals surface area contributed by atoms with Crippen LogP contribution in [0.25, 0.3) is 0 Å². The summed E-state index contributed by atoms with van der Waals surface area (Å²) < 4.78 is 35.6. The van der Waals surface area contributed by atoms with Crippen LogP contribution >= 0.6 is 0 Å². The van der Waals surface area contributed by atoms with Gasteiger partial charge < -0.3 is 10.1 Å². The highest BCUT2D eigenvalue weighted by molar-refractivity contribution is 7.89. The highest BCUT2D eigenvalue weighted by Gasteiger charge is 2.27. The zero-order valence-electron chi connectivity index (χ0n) is 21.3. The van der Waals surface area contributed by atoms with Crippen LogP contribution in [0.5, 0.6) is 5.75 Å². The first-order valence-corrected chi connectivity index (χ1v) is 12.8. The highest BCUT2D eigenvalue weighted by Crippen LogP contribution is 2.28. The molecule has 0 saturated carbocycles. The van der Waals surface area contributed by atoms with Gasteiger partial charge in [-0.2, -0.15) is 5.10 Å². The maximum Gasteiger partial charge on any atom is 0.256 e. The van der Waals surface area contributed by atoms with E-state index in [0.717, 1.165) is 11.3 Å². The van der Waals surface area contributed by atoms with Gasteiger partial charge in [-0.1, -0.05) is 51.1 Å². The van der Waals surface area contributed by atoms with Crippen LogP contribution in [0, 0.1) is 0 Å². The predicted molar refractivity (Wildman–Crippen MR) is 137 cm³/mol. The lowest BCUT2D eigenvalue weighted by atomic mass is 9.92. The van der Waals surface area contributed by atoms with E-state index in [0.29, 0.717) is 12.4 Å². The third-order valence-electron chi connectivity index (χ3n) is 5.12. The molecule has 35 heavy (non-hydrogen) atoms. The van der Waals surface area contributed by atoms with Crippen molar-refractivity contribution in [1.82, 2.24) is 14.5 Å². The Kier molecular flexibility index (Phi) is 7.42. The zero-order valence-corrected chi connectivity index (χ0v) is 22.2. The predicted octanol–water partition coefficient (Wildman–Crippen LogP) is 4.57. The number of hydrogen-bond acceptors (Lipinski definition) is 5. The van der Waals surface area contributed by atoms with Gasteiger partial charge in [0.15, 0.2) is 0 Å². The molecule has 0 radical (unpaired) electrons. The number of amides is 1. The van der Waals surface area contributed by atoms with Crippen molar-refractivity contribution in [3.63, 3.8) is 0 Å². The molecule has 0 bridgehead atoms. The number of aromatic nitrogens is 2. The normalized spacial score (nSPS) is 12.4. The first kappa shape index (κ1) is 26.4. The second-order valence-corrected chi connectivity index (χ2v) is 12.1. The molecule has 1 heterocycles. The van der Waals surface area contributed by atoms with Crippen molar-refractivity contribution in [2.24, 2.45) is 0 Å². The van der Waals surface area contributed by atoms with E-state index < -0.39 is 21.5 Å². The number of benzene rings is 2. The van der Waals surface area contributed by atoms with Crippen LogP contribution in [-0.4, -0.2) is 36.8 Å². The molecule has 8 nitrogen and oxygen atoms in total. The van der Waals surface area contributed by atoms with Gasteiger partial charge in [0.05, 0.1) is 19.3 Å². The molecule has 188 valence electrons. The first-order valence-electron chi connectivity index (χ1n) is 11.4. The molecule has 0 unspecified atom stereocenters. The lowest BCUT2D eigenvalue weighted by molar-refractivity contribution is 0.102. The van der Waals surface area contributed by atoms with Gasteiger partial charge in [-0.05, 0) is 44.5 Å². The number of methoxy groups -OCH3 is 1. The zero-order chi connectivity index (χ0) is 26.0. The van der Waals surface area contributed by atoms with Crippen LogP contribution in [0.1, 0.15) is 63.2 Å². The molecule has 0 saturated heterocycles. The number of nitrogens with zero attached hydrogens (tertiary/aromatic N) is 2. The van der Waals surface area contributed by atoms with Crippen LogP contribution in [0.2, 0.25) is 0 Å². The van der Waals surface area contributed by atoms with Gasteiger partial charge in [-0.25, -0.2) is 17.8 Å². The third kappa shape index (κ3) is 6.70. The second kappa shape index (κ2) is 9.83. The number of hydrogen-bond donors (Lipinski definition) is 2. The van der Waals surface area contributed by atoms with E-state index >= 15 is 0 Å². The van der Waals surface area contributed by atoms with E-state index in [-0.39, 0.29) is 21.6 Å². The van der Waals surface area contributed by atoms with E-state index in [4.69, 9.17) is 9.84 Å². The minimum absolute atomic E-state index is 0.101. The molecule has 3 rings (SSSR count). The summed E-state index contributed by atoms with van der Waals surface area (Å²) in [5.41, 5.74) is 1.13. The monoisotopic (exact) mass is 498 g/mol. The van der Waals surface area contributed by atoms with Gasteiger partial charge in [0.1, 0.15) is 16.5 Å². The number of carbonyl (C=O) groups is 1. The largest absolute Gasteiger partial charge is 0.495 e. The van der Waals surface area contributed by atoms with Crippen molar-refractivity contribution in [3.05, 3.63) is 71.4 Å². The first-order chi connectivity index (χ1) is 16.2. The maximum absolute atomic E-state index is 13.2. The maximum atomic E-state index is 13.2. The van der Waals surface area contributed by atoms with Crippen LogP contribution in [0.15, 0.2) is 59.5 Å². The van der Waals surface area contributed by atoms with Crippen molar-refractivity contribution in [2.45, 2.75) is 63.9 Å². The topological polar surface area (TPSA) is 102 Å². The summed E-state index contributed by atoms with van der Waals surface area (Å²) in [5.74, 6) is 0.230. The molecule has 1 aromatic heterocycles. The average Bonchev–Trinajstić information content (AvgIpc) is 3.15. The Morgan fingerprint density at radius 2 is 1.66 bits per heavy atom. The summed E-state index contributed by atoms with van der Waals surface area (Å²) in [6, 6.07) is 16.0. The number of sulfonamides is 1. The van der Waals surface area contributed by atoms with Gasteiger partial charge in [0.25, 0.3) is 5.91 Å². The SMILES string of the molecule is COc1ccc(C(=O)Nc2cc(C(C)(C)C)nn2Cc2ccccc2)cc1S(=O)(=O)NC(C)(C)C. The minimum atomic E-state index is -3.93. The van der Waals surface area contributed by atoms with Crippen molar-refractivity contribution in [3.8, 4) is 5.75 Å². The molecule has 1 amide bonds. The minimum Gasteiger partial charge on any atom is -0.495 e. The number of nitrogens with one attached hydrogen (secondary N) is 2. The van der Waals surface area contributed by atoms with Gasteiger partial charge in [0, 0.05) is 22.6 Å². The molecule has 0 aliphatic heterocycles. The van der Waals surface area contributed by atoms with Crippen LogP contribution in [0.3, 0.4) is 0 Å². The van der Waals surface area contributed by atoms with Gasteiger partial charge in [-0.3, -0.25) is 4.79 Å². The molecular weight excluding hydrogens is 464 g/mol. The molecule has 9 heteroatoms. The molecule has 0 aliphatic rings. The summed E-state index contributed by atoms with van der Waals surface area (Å²) >= 11 is 0. The number of anilines is 1. The fourth-order valence-electron chi connectivity index (χ4n) is 3.44. The fraction of sp³-hybridized carbons (Fsp3) is 0.385. The number of ether oxygens (including phenoxy) is 1. The van der Waals surface area contributed by atoms with Crippen molar-refractivity contribution >= 4 is 21.7 Å². The van der Waals surface area contributed by atoms with Gasteiger partial charge >= 0.3 is 0 Å². The highest BCUT2D eigenvalue weighted by atomic mass is 32.2. The smallest absolute Gasteiger partial charge is 0.256 e. The van der Waals surface area contributed by atoms with E-state index in [1.165, 1.54) is 25.3 Å². The second-order valence-electron chi connectivity index (χ2n) is 10.5. The van der Waals surface area contributed by atoms with Crippen molar-refractivity contribution < 1.29 is 17.9 Å². The summed E-state index contributed by atoms with van der Waals surface area (Å²) in [6.07, 6.45) is 0. The van der Waals surface area contributed by atoms with Crippen LogP contribution < -0.4 is 14.8 Å². The molecule has 0 atom stereocenters. The van der Waals surface area contributed by atoms with Gasteiger partial charge in [0.2, 0.25) is 10.0 Å². The van der Waals surface area contributed by atoms with E-state index in [1.807, 2.05) is 36.4 Å². The Hall–Kier alpha value is -3.17. The molecule has 3 aromatic rings. The molecule has 2 N–H and O–H groups in total. The molecule has 0 aliphatic carbocycles. The molecule has 0 fully saturated rings. The number of carbonyl (C=O) groups excluding carboxylic acids is 1. The Labute approximate surface area is 207 Å². The van der Waals surface area contributed by atoms with E-state index in [1.54, 1.807) is 25.5 Å². The summed E-state index contributed by atoms with van der Waals surface area (Å²) in [7, 11) is -2.54. The van der Waals surface area contributed by atoms with Crippen molar-refractivity contribution in [1.29, 1.82) is 0 Å². The Morgan fingerprint density at radius 3 is 2.23 bits per heavy atom. The number of rotatable bonds is 7. The third-order valence-corrected chi connectivity index (χ3v) is 6.90. The van der Waals surface area contributed by atoms with Crippen molar-refractivity contribution in [2.75, 3.05) is 12.4 Å². The summed E-state index contributed by atoms with van der Waals surface area (Å²) in [5, 5.41) is 7.63. The summed E-state index contributed by atoms with van der Waals surface area (Å²) in [4.78, 5) is 13.1. The summed E-state index contributed by atoms with van der Waals surface area (Å²) in [6.45, 7) is 11.9. The lowest BCUT2D eigenvalue weighted by Gasteiger charge is -2.21. The quantitative estimate of drug-likeness (QED) is 0.497. The molecule has 2 aromatic carbocycles. The van der Waals surface area contributed by atoms with E-state index in [9.17, 15) is 13.2 Å². The van der Waals surface area contributed by atoms with Crippen LogP contribution in [0.4, 0.5) is 5.82 Å². The van der Waals surface area contributed by atoms with E-state index in [2.05, 4.69) is 30.8 Å². The fourth-order valence-corrected chi connectivity index (χ4v) is 5.05. The Bertz CT molecular complexity index is 1300. The van der Waals surface area contributed by atoms with Crippen LogP contribution in [-0.2, 0) is 22.0 Å². The average molecular weight is 499 g/mol. The molecular formula is C26H34N4O4S. The Morgan fingerprint density at radius 1 is 1.00 bits per heavy atom.